The zero-order valence-electron chi connectivity index (χ0n) is 6.04. The fourth-order valence-corrected chi connectivity index (χ4v) is 1.99. The molecule has 0 saturated heterocycles. The third-order valence-corrected chi connectivity index (χ3v) is 2.66. The molecule has 0 unspecified atom stereocenters. The van der Waals surface area contributed by atoms with E-state index in [-0.39, 0.29) is 11.6 Å². The average molecular weight is 183 g/mol. The van der Waals surface area contributed by atoms with Gasteiger partial charge < -0.3 is 10.8 Å². The quantitative estimate of drug-likeness (QED) is 0.616. The van der Waals surface area contributed by atoms with Crippen LogP contribution < -0.4 is 5.73 Å². The van der Waals surface area contributed by atoms with Gasteiger partial charge in [-0.1, -0.05) is 0 Å². The maximum Gasteiger partial charge on any atom is 0.141 e. The van der Waals surface area contributed by atoms with Gasteiger partial charge >= 0.3 is 0 Å². The van der Waals surface area contributed by atoms with E-state index in [1.807, 2.05) is 0 Å². The zero-order valence-corrected chi connectivity index (χ0v) is 6.86. The maximum absolute atomic E-state index is 13.0. The van der Waals surface area contributed by atoms with E-state index in [1.54, 1.807) is 0 Å². The van der Waals surface area contributed by atoms with Crippen molar-refractivity contribution in [3.63, 3.8) is 0 Å². The van der Waals surface area contributed by atoms with Crippen LogP contribution in [0, 0.1) is 5.82 Å². The summed E-state index contributed by atoms with van der Waals surface area (Å²) in [6.45, 7) is 0. The van der Waals surface area contributed by atoms with Crippen molar-refractivity contribution >= 4 is 27.1 Å². The second-order valence-corrected chi connectivity index (χ2v) is 3.34. The molecule has 62 valence electrons. The van der Waals surface area contributed by atoms with E-state index in [9.17, 15) is 9.50 Å². The van der Waals surface area contributed by atoms with Gasteiger partial charge in [0.1, 0.15) is 11.6 Å². The molecule has 0 aliphatic heterocycles. The van der Waals surface area contributed by atoms with Gasteiger partial charge in [-0.15, -0.1) is 11.3 Å². The SMILES string of the molecule is Nc1ccc(F)c2scc(O)c12. The molecule has 12 heavy (non-hydrogen) atoms. The van der Waals surface area contributed by atoms with Gasteiger partial charge in [-0.25, -0.2) is 4.39 Å². The first-order chi connectivity index (χ1) is 5.70. The Labute approximate surface area is 72.1 Å². The van der Waals surface area contributed by atoms with Crippen LogP contribution in [0.15, 0.2) is 17.5 Å². The lowest BCUT2D eigenvalue weighted by Gasteiger charge is -1.96. The molecule has 4 heteroatoms. The van der Waals surface area contributed by atoms with E-state index in [1.165, 1.54) is 17.5 Å². The number of hydrogen-bond donors (Lipinski definition) is 2. The van der Waals surface area contributed by atoms with Crippen molar-refractivity contribution in [2.45, 2.75) is 0 Å². The average Bonchev–Trinajstić information content (AvgIpc) is 2.42. The summed E-state index contributed by atoms with van der Waals surface area (Å²) in [7, 11) is 0. The number of halogens is 1. The van der Waals surface area contributed by atoms with Gasteiger partial charge in [-0.05, 0) is 12.1 Å². The van der Waals surface area contributed by atoms with Crippen molar-refractivity contribution in [3.05, 3.63) is 23.3 Å². The molecule has 2 nitrogen and oxygen atoms in total. The van der Waals surface area contributed by atoms with Crippen LogP contribution in [-0.4, -0.2) is 5.11 Å². The molecule has 0 bridgehead atoms. The van der Waals surface area contributed by atoms with Gasteiger partial charge in [0.2, 0.25) is 0 Å². The molecule has 0 amide bonds. The number of fused-ring (bicyclic) bond motifs is 1. The van der Waals surface area contributed by atoms with Crippen molar-refractivity contribution in [3.8, 4) is 5.75 Å². The standard InChI is InChI=1S/C8H6FNOS/c9-4-1-2-5(10)7-6(11)3-12-8(4)7/h1-3,11H,10H2. The number of anilines is 1. The first kappa shape index (κ1) is 7.36. The van der Waals surface area contributed by atoms with Gasteiger partial charge in [0, 0.05) is 11.1 Å². The van der Waals surface area contributed by atoms with E-state index in [2.05, 4.69) is 0 Å². The number of nitrogen functional groups attached to an aromatic ring is 1. The Kier molecular flexibility index (Phi) is 1.44. The highest BCUT2D eigenvalue weighted by atomic mass is 32.1. The predicted molar refractivity (Wildman–Crippen MR) is 47.9 cm³/mol. The second kappa shape index (κ2) is 2.35. The number of thiophene rings is 1. The van der Waals surface area contributed by atoms with Crippen LogP contribution in [0.3, 0.4) is 0 Å². The van der Waals surface area contributed by atoms with E-state index in [4.69, 9.17) is 5.73 Å². The van der Waals surface area contributed by atoms with Crippen LogP contribution >= 0.6 is 11.3 Å². The molecule has 0 aliphatic rings. The second-order valence-electron chi connectivity index (χ2n) is 2.46. The number of benzene rings is 1. The Morgan fingerprint density at radius 2 is 2.17 bits per heavy atom. The Balaban J connectivity index is 2.98. The summed E-state index contributed by atoms with van der Waals surface area (Å²) in [4.78, 5) is 0. The van der Waals surface area contributed by atoms with Gasteiger partial charge in [0.05, 0.1) is 10.1 Å². The molecule has 0 saturated carbocycles. The summed E-state index contributed by atoms with van der Waals surface area (Å²) in [5, 5.41) is 11.2. The summed E-state index contributed by atoms with van der Waals surface area (Å²) >= 11 is 1.15. The normalized spacial score (nSPS) is 10.8. The summed E-state index contributed by atoms with van der Waals surface area (Å²) in [5.41, 5.74) is 5.96. The number of rotatable bonds is 0. The van der Waals surface area contributed by atoms with Gasteiger partial charge in [0.25, 0.3) is 0 Å². The monoisotopic (exact) mass is 183 g/mol. The summed E-state index contributed by atoms with van der Waals surface area (Å²) in [5.74, 6) is -0.295. The minimum atomic E-state index is -0.343. The number of nitrogens with two attached hydrogens (primary N) is 1. The fourth-order valence-electron chi connectivity index (χ4n) is 1.13. The fraction of sp³-hybridized carbons (Fsp3) is 0. The minimum Gasteiger partial charge on any atom is -0.506 e. The van der Waals surface area contributed by atoms with E-state index in [0.29, 0.717) is 15.8 Å². The molecule has 0 fully saturated rings. The molecule has 1 aromatic heterocycles. The number of hydrogen-bond acceptors (Lipinski definition) is 3. The molecule has 0 aliphatic carbocycles. The minimum absolute atomic E-state index is 0.0481. The van der Waals surface area contributed by atoms with Crippen molar-refractivity contribution in [1.29, 1.82) is 0 Å². The number of aromatic hydroxyl groups is 1. The van der Waals surface area contributed by atoms with E-state index < -0.39 is 0 Å². The third-order valence-electron chi connectivity index (χ3n) is 1.69. The molecule has 2 aromatic rings. The van der Waals surface area contributed by atoms with Crippen LogP contribution in [0.25, 0.3) is 10.1 Å². The van der Waals surface area contributed by atoms with Crippen molar-refractivity contribution in [2.75, 3.05) is 5.73 Å². The smallest absolute Gasteiger partial charge is 0.141 e. The maximum atomic E-state index is 13.0. The molecule has 0 spiro atoms. The van der Waals surface area contributed by atoms with Crippen LogP contribution in [0.5, 0.6) is 5.75 Å². The molecule has 3 N–H and O–H groups in total. The zero-order chi connectivity index (χ0) is 8.72. The molecule has 1 aromatic carbocycles. The molecule has 0 atom stereocenters. The molecule has 1 heterocycles. The first-order valence-corrected chi connectivity index (χ1v) is 4.22. The lowest BCUT2D eigenvalue weighted by atomic mass is 10.2. The highest BCUT2D eigenvalue weighted by Gasteiger charge is 2.09. The Bertz CT molecular complexity index is 438. The van der Waals surface area contributed by atoms with Crippen molar-refractivity contribution in [2.24, 2.45) is 0 Å². The van der Waals surface area contributed by atoms with E-state index in [0.717, 1.165) is 11.3 Å². The lowest BCUT2D eigenvalue weighted by molar-refractivity contribution is 0.483. The summed E-state index contributed by atoms with van der Waals surface area (Å²) < 4.78 is 13.4. The summed E-state index contributed by atoms with van der Waals surface area (Å²) in [6, 6.07) is 2.75. The molecule has 2 rings (SSSR count). The van der Waals surface area contributed by atoms with Gasteiger partial charge in [0.15, 0.2) is 0 Å². The summed E-state index contributed by atoms with van der Waals surface area (Å²) in [6.07, 6.45) is 0. The van der Waals surface area contributed by atoms with Crippen LogP contribution in [0.1, 0.15) is 0 Å². The topological polar surface area (TPSA) is 46.2 Å². The highest BCUT2D eigenvalue weighted by molar-refractivity contribution is 7.17. The Morgan fingerprint density at radius 3 is 2.83 bits per heavy atom. The van der Waals surface area contributed by atoms with Gasteiger partial charge in [-0.3, -0.25) is 0 Å². The predicted octanol–water partition coefficient (Wildman–Crippen LogP) is 2.33. The van der Waals surface area contributed by atoms with Crippen LogP contribution in [-0.2, 0) is 0 Å². The third kappa shape index (κ3) is 0.848. The molecular formula is C8H6FNOS. The van der Waals surface area contributed by atoms with Crippen LogP contribution in [0.4, 0.5) is 10.1 Å². The first-order valence-electron chi connectivity index (χ1n) is 3.34. The van der Waals surface area contributed by atoms with Gasteiger partial charge in [-0.2, -0.15) is 0 Å². The Morgan fingerprint density at radius 1 is 1.42 bits per heavy atom. The largest absolute Gasteiger partial charge is 0.506 e. The lowest BCUT2D eigenvalue weighted by Crippen LogP contribution is -1.85. The molecular weight excluding hydrogens is 177 g/mol. The highest BCUT2D eigenvalue weighted by Crippen LogP contribution is 2.36. The van der Waals surface area contributed by atoms with Crippen molar-refractivity contribution in [1.82, 2.24) is 0 Å². The van der Waals surface area contributed by atoms with E-state index >= 15 is 0 Å². The Hall–Kier alpha value is -1.29. The van der Waals surface area contributed by atoms with Crippen molar-refractivity contribution < 1.29 is 9.50 Å². The molecule has 0 radical (unpaired) electrons. The van der Waals surface area contributed by atoms with Crippen LogP contribution in [0.2, 0.25) is 0 Å².